The fourth-order valence-corrected chi connectivity index (χ4v) is 2.38. The smallest absolute Gasteiger partial charge is 0.310 e. The van der Waals surface area contributed by atoms with Crippen molar-refractivity contribution in [2.24, 2.45) is 0 Å². The van der Waals surface area contributed by atoms with Crippen molar-refractivity contribution in [1.82, 2.24) is 9.55 Å². The van der Waals surface area contributed by atoms with Gasteiger partial charge in [-0.3, -0.25) is 19.1 Å². The van der Waals surface area contributed by atoms with Crippen LogP contribution in [0.25, 0.3) is 0 Å². The number of hydrogen-bond acceptors (Lipinski definition) is 6. The number of carbonyl (C=O) groups is 1. The second kappa shape index (κ2) is 6.29. The third-order valence-corrected chi connectivity index (χ3v) is 3.52. The number of aromatic amines is 1. The van der Waals surface area contributed by atoms with Crippen LogP contribution >= 0.6 is 12.2 Å². The highest BCUT2D eigenvalue weighted by Crippen LogP contribution is 2.27. The summed E-state index contributed by atoms with van der Waals surface area (Å²) in [7, 11) is 1.26. The van der Waals surface area contributed by atoms with Gasteiger partial charge in [0, 0.05) is 11.8 Å². The molecule has 1 saturated heterocycles. The number of nitrogens with zero attached hydrogens (tertiary/aromatic N) is 1. The fourth-order valence-electron chi connectivity index (χ4n) is 2.12. The minimum Gasteiger partial charge on any atom is -0.469 e. The third kappa shape index (κ3) is 3.14. The van der Waals surface area contributed by atoms with Crippen molar-refractivity contribution in [2.45, 2.75) is 31.6 Å². The highest BCUT2D eigenvalue weighted by Gasteiger charge is 2.26. The number of rotatable bonds is 4. The minimum absolute atomic E-state index is 0.0534. The van der Waals surface area contributed by atoms with Crippen LogP contribution in [0.15, 0.2) is 11.0 Å². The van der Waals surface area contributed by atoms with Crippen LogP contribution < -0.4 is 5.56 Å². The second-order valence-electron chi connectivity index (χ2n) is 4.55. The van der Waals surface area contributed by atoms with E-state index in [9.17, 15) is 9.59 Å². The average molecular weight is 300 g/mol. The summed E-state index contributed by atoms with van der Waals surface area (Å²) < 4.78 is 12.0. The molecule has 0 radical (unpaired) electrons. The van der Waals surface area contributed by atoms with E-state index in [4.69, 9.17) is 22.1 Å². The Bertz CT molecular complexity index is 609. The van der Waals surface area contributed by atoms with E-state index < -0.39 is 11.5 Å². The number of nitrogens with one attached hydrogen (secondary N) is 1. The molecule has 2 N–H and O–H groups in total. The molecule has 1 aliphatic heterocycles. The van der Waals surface area contributed by atoms with Gasteiger partial charge >= 0.3 is 5.97 Å². The van der Waals surface area contributed by atoms with Gasteiger partial charge in [0.15, 0.2) is 4.77 Å². The molecule has 2 atom stereocenters. The number of methoxy groups -OCH3 is 1. The Labute approximate surface area is 120 Å². The number of esters is 1. The van der Waals surface area contributed by atoms with Gasteiger partial charge in [0.25, 0.3) is 5.56 Å². The largest absolute Gasteiger partial charge is 0.469 e. The summed E-state index contributed by atoms with van der Waals surface area (Å²) in [6.45, 7) is -0.0534. The molecule has 0 aromatic carbocycles. The monoisotopic (exact) mass is 300 g/mol. The Kier molecular flexibility index (Phi) is 4.69. The molecule has 7 nitrogen and oxygen atoms in total. The van der Waals surface area contributed by atoms with Gasteiger partial charge in [-0.05, 0) is 25.1 Å². The predicted molar refractivity (Wildman–Crippen MR) is 71.8 cm³/mol. The van der Waals surface area contributed by atoms with Gasteiger partial charge in [0.1, 0.15) is 6.23 Å². The second-order valence-corrected chi connectivity index (χ2v) is 4.93. The first-order valence-corrected chi connectivity index (χ1v) is 6.63. The normalized spacial score (nSPS) is 21.9. The van der Waals surface area contributed by atoms with Crippen molar-refractivity contribution in [3.05, 3.63) is 26.9 Å². The van der Waals surface area contributed by atoms with E-state index in [1.807, 2.05) is 0 Å². The molecule has 0 bridgehead atoms. The van der Waals surface area contributed by atoms with Gasteiger partial charge in [-0.2, -0.15) is 0 Å². The molecule has 1 fully saturated rings. The zero-order valence-electron chi connectivity index (χ0n) is 11.0. The molecule has 0 aliphatic carbocycles. The lowest BCUT2D eigenvalue weighted by atomic mass is 10.2. The number of aromatic nitrogens is 2. The molecule has 2 rings (SSSR count). The van der Waals surface area contributed by atoms with E-state index in [0.29, 0.717) is 12.8 Å². The first-order chi connectivity index (χ1) is 9.55. The van der Waals surface area contributed by atoms with Crippen molar-refractivity contribution in [2.75, 3.05) is 13.7 Å². The highest BCUT2D eigenvalue weighted by atomic mass is 32.1. The van der Waals surface area contributed by atoms with Crippen molar-refractivity contribution in [1.29, 1.82) is 0 Å². The maximum atomic E-state index is 11.8. The molecule has 1 aliphatic rings. The van der Waals surface area contributed by atoms with Crippen molar-refractivity contribution in [3.63, 3.8) is 0 Å². The molecule has 0 saturated carbocycles. The lowest BCUT2D eigenvalue weighted by Gasteiger charge is -2.16. The number of aliphatic hydroxyl groups is 1. The summed E-state index contributed by atoms with van der Waals surface area (Å²) in [5.74, 6) is -0.500. The maximum Gasteiger partial charge on any atom is 0.310 e. The molecule has 0 amide bonds. The van der Waals surface area contributed by atoms with E-state index in [1.165, 1.54) is 13.3 Å². The van der Waals surface area contributed by atoms with Crippen LogP contribution in [-0.2, 0) is 20.7 Å². The van der Waals surface area contributed by atoms with Gasteiger partial charge in [-0.1, -0.05) is 0 Å². The van der Waals surface area contributed by atoms with Gasteiger partial charge < -0.3 is 14.6 Å². The van der Waals surface area contributed by atoms with E-state index >= 15 is 0 Å². The van der Waals surface area contributed by atoms with Gasteiger partial charge in [-0.15, -0.1) is 0 Å². The Balaban J connectivity index is 2.30. The van der Waals surface area contributed by atoms with Crippen molar-refractivity contribution < 1.29 is 19.4 Å². The summed E-state index contributed by atoms with van der Waals surface area (Å²) in [6, 6.07) is 0. The summed E-state index contributed by atoms with van der Waals surface area (Å²) in [6.07, 6.45) is 2.23. The predicted octanol–water partition coefficient (Wildman–Crippen LogP) is 0.291. The van der Waals surface area contributed by atoms with E-state index in [0.717, 1.165) is 0 Å². The number of hydrogen-bond donors (Lipinski definition) is 2. The van der Waals surface area contributed by atoms with E-state index in [2.05, 4.69) is 9.72 Å². The molecule has 1 aromatic rings. The zero-order valence-corrected chi connectivity index (χ0v) is 11.8. The fraction of sp³-hybridized carbons (Fsp3) is 0.583. The topological polar surface area (TPSA) is 93.5 Å². The third-order valence-electron chi connectivity index (χ3n) is 3.20. The van der Waals surface area contributed by atoms with Crippen LogP contribution in [0.5, 0.6) is 0 Å². The van der Waals surface area contributed by atoms with E-state index in [-0.39, 0.29) is 35.7 Å². The van der Waals surface area contributed by atoms with E-state index in [1.54, 1.807) is 4.57 Å². The maximum absolute atomic E-state index is 11.8. The lowest BCUT2D eigenvalue weighted by molar-refractivity contribution is -0.139. The number of H-pyrrole nitrogens is 1. The molecule has 0 spiro atoms. The van der Waals surface area contributed by atoms with Crippen LogP contribution in [0.1, 0.15) is 24.6 Å². The summed E-state index contributed by atoms with van der Waals surface area (Å²) in [5, 5.41) is 9.07. The molecule has 8 heteroatoms. The molecular formula is C12H16N2O5S. The highest BCUT2D eigenvalue weighted by molar-refractivity contribution is 7.71. The first kappa shape index (κ1) is 14.9. The van der Waals surface area contributed by atoms with Crippen LogP contribution in [-0.4, -0.2) is 40.4 Å². The Morgan fingerprint density at radius 3 is 3.00 bits per heavy atom. The molecule has 2 heterocycles. The van der Waals surface area contributed by atoms with Crippen LogP contribution in [0.2, 0.25) is 0 Å². The summed E-state index contributed by atoms with van der Waals surface area (Å²) >= 11 is 5.10. The zero-order chi connectivity index (χ0) is 14.7. The Morgan fingerprint density at radius 1 is 1.65 bits per heavy atom. The van der Waals surface area contributed by atoms with Crippen molar-refractivity contribution in [3.8, 4) is 0 Å². The standard InChI is InChI=1S/C12H16N2O5S/c1-18-10(16)4-7-5-14(12(20)13-11(7)17)9-3-2-8(6-15)19-9/h5,8-9,15H,2-4,6H2,1H3,(H,13,17,20)/t8-,9?/m0/s1. The Hall–Kier alpha value is -1.51. The average Bonchev–Trinajstić information content (AvgIpc) is 2.90. The number of carbonyl (C=O) groups excluding carboxylic acids is 1. The first-order valence-electron chi connectivity index (χ1n) is 6.22. The van der Waals surface area contributed by atoms with Crippen LogP contribution in [0.3, 0.4) is 0 Å². The Morgan fingerprint density at radius 2 is 2.40 bits per heavy atom. The molecular weight excluding hydrogens is 284 g/mol. The lowest BCUT2D eigenvalue weighted by Crippen LogP contribution is -2.23. The summed E-state index contributed by atoms with van der Waals surface area (Å²) in [4.78, 5) is 25.5. The van der Waals surface area contributed by atoms with Crippen molar-refractivity contribution >= 4 is 18.2 Å². The van der Waals surface area contributed by atoms with Gasteiger partial charge in [0.05, 0.1) is 26.2 Å². The SMILES string of the molecule is COC(=O)Cc1cn(C2CC[C@@H](CO)O2)c(=S)[nH]c1=O. The minimum atomic E-state index is -0.500. The van der Waals surface area contributed by atoms with Gasteiger partial charge in [0.2, 0.25) is 0 Å². The quantitative estimate of drug-likeness (QED) is 0.613. The molecule has 1 unspecified atom stereocenters. The van der Waals surface area contributed by atoms with Gasteiger partial charge in [-0.25, -0.2) is 0 Å². The summed E-state index contributed by atoms with van der Waals surface area (Å²) in [5.41, 5.74) is -0.144. The number of aliphatic hydroxyl groups excluding tert-OH is 1. The molecule has 110 valence electrons. The number of ether oxygens (including phenoxy) is 2. The van der Waals surface area contributed by atoms with Crippen LogP contribution in [0.4, 0.5) is 0 Å². The molecule has 20 heavy (non-hydrogen) atoms. The molecule has 1 aromatic heterocycles. The van der Waals surface area contributed by atoms with Crippen LogP contribution in [0, 0.1) is 4.77 Å².